The van der Waals surface area contributed by atoms with E-state index in [-0.39, 0.29) is 18.0 Å². The molecule has 1 aliphatic heterocycles. The van der Waals surface area contributed by atoms with Crippen LogP contribution in [0.3, 0.4) is 0 Å². The van der Waals surface area contributed by atoms with Crippen molar-refractivity contribution in [3.8, 4) is 5.75 Å². The zero-order valence-corrected chi connectivity index (χ0v) is 11.1. The summed E-state index contributed by atoms with van der Waals surface area (Å²) in [7, 11) is 0. The maximum atomic E-state index is 12.4. The average Bonchev–Trinajstić information content (AvgIpc) is 2.47. The van der Waals surface area contributed by atoms with E-state index in [0.29, 0.717) is 6.61 Å². The summed E-state index contributed by atoms with van der Waals surface area (Å²) < 4.78 is 11.3. The van der Waals surface area contributed by atoms with Crippen molar-refractivity contribution in [3.63, 3.8) is 0 Å². The second-order valence-corrected chi connectivity index (χ2v) is 5.42. The highest BCUT2D eigenvalue weighted by Gasteiger charge is 2.30. The molecule has 1 aromatic carbocycles. The van der Waals surface area contributed by atoms with E-state index in [1.54, 1.807) is 0 Å². The Balaban J connectivity index is 1.70. The van der Waals surface area contributed by atoms with Gasteiger partial charge in [-0.3, -0.25) is 4.79 Å². The van der Waals surface area contributed by atoms with Crippen LogP contribution in [-0.4, -0.2) is 18.7 Å². The number of carbonyl (C=O) groups excluding carboxylic acids is 1. The molecule has 1 aliphatic carbocycles. The summed E-state index contributed by atoms with van der Waals surface area (Å²) in [6, 6.07) is 7.79. The van der Waals surface area contributed by atoms with E-state index in [2.05, 4.69) is 0 Å². The third kappa shape index (κ3) is 2.75. The van der Waals surface area contributed by atoms with Crippen LogP contribution in [0.4, 0.5) is 0 Å². The number of para-hydroxylation sites is 1. The monoisotopic (exact) mass is 260 g/mol. The van der Waals surface area contributed by atoms with E-state index < -0.39 is 0 Å². The van der Waals surface area contributed by atoms with Crippen molar-refractivity contribution in [2.75, 3.05) is 6.61 Å². The SMILES string of the molecule is O=C(OC1CCCCC1)C1CCOc2ccccc21. The normalized spacial score (nSPS) is 23.3. The summed E-state index contributed by atoms with van der Waals surface area (Å²) in [5, 5.41) is 0. The molecule has 1 atom stereocenters. The topological polar surface area (TPSA) is 35.5 Å². The van der Waals surface area contributed by atoms with Gasteiger partial charge in [-0.25, -0.2) is 0 Å². The highest BCUT2D eigenvalue weighted by atomic mass is 16.5. The lowest BCUT2D eigenvalue weighted by Gasteiger charge is -2.28. The Labute approximate surface area is 113 Å². The Morgan fingerprint density at radius 1 is 1.11 bits per heavy atom. The second kappa shape index (κ2) is 5.64. The Morgan fingerprint density at radius 3 is 2.74 bits per heavy atom. The maximum absolute atomic E-state index is 12.4. The fourth-order valence-corrected chi connectivity index (χ4v) is 3.02. The quantitative estimate of drug-likeness (QED) is 0.764. The predicted octanol–water partition coefficient (Wildman–Crippen LogP) is 3.43. The third-order valence-electron chi connectivity index (χ3n) is 4.08. The van der Waals surface area contributed by atoms with Crippen molar-refractivity contribution in [1.29, 1.82) is 0 Å². The summed E-state index contributed by atoms with van der Waals surface area (Å²) in [5.74, 6) is 0.619. The summed E-state index contributed by atoms with van der Waals surface area (Å²) in [5.41, 5.74) is 0.981. The van der Waals surface area contributed by atoms with Gasteiger partial charge in [0.15, 0.2) is 0 Å². The molecule has 1 fully saturated rings. The number of hydrogen-bond acceptors (Lipinski definition) is 3. The molecule has 0 aromatic heterocycles. The molecule has 19 heavy (non-hydrogen) atoms. The number of benzene rings is 1. The lowest BCUT2D eigenvalue weighted by Crippen LogP contribution is -2.28. The van der Waals surface area contributed by atoms with Gasteiger partial charge in [0.2, 0.25) is 0 Å². The van der Waals surface area contributed by atoms with Crippen LogP contribution in [0.1, 0.15) is 50.0 Å². The summed E-state index contributed by atoms with van der Waals surface area (Å²) in [6.07, 6.45) is 6.55. The average molecular weight is 260 g/mol. The predicted molar refractivity (Wildman–Crippen MR) is 72.3 cm³/mol. The lowest BCUT2D eigenvalue weighted by molar-refractivity contribution is -0.153. The molecule has 0 bridgehead atoms. The highest BCUT2D eigenvalue weighted by Crippen LogP contribution is 2.35. The van der Waals surface area contributed by atoms with Crippen molar-refractivity contribution in [2.45, 2.75) is 50.5 Å². The van der Waals surface area contributed by atoms with E-state index in [1.165, 1.54) is 19.3 Å². The molecule has 1 aromatic rings. The molecule has 1 unspecified atom stereocenters. The van der Waals surface area contributed by atoms with Crippen LogP contribution < -0.4 is 4.74 Å². The van der Waals surface area contributed by atoms with E-state index >= 15 is 0 Å². The van der Waals surface area contributed by atoms with Crippen LogP contribution >= 0.6 is 0 Å². The van der Waals surface area contributed by atoms with Gasteiger partial charge in [-0.2, -0.15) is 0 Å². The molecule has 3 heteroatoms. The number of rotatable bonds is 2. The van der Waals surface area contributed by atoms with Crippen LogP contribution in [-0.2, 0) is 9.53 Å². The van der Waals surface area contributed by atoms with E-state index in [4.69, 9.17) is 9.47 Å². The summed E-state index contributed by atoms with van der Waals surface area (Å²) >= 11 is 0. The Kier molecular flexibility index (Phi) is 3.72. The highest BCUT2D eigenvalue weighted by molar-refractivity contribution is 5.79. The molecule has 3 nitrogen and oxygen atoms in total. The molecular weight excluding hydrogens is 240 g/mol. The molecule has 102 valence electrons. The van der Waals surface area contributed by atoms with Crippen molar-refractivity contribution < 1.29 is 14.3 Å². The molecule has 0 spiro atoms. The van der Waals surface area contributed by atoms with Crippen molar-refractivity contribution in [2.24, 2.45) is 0 Å². The van der Waals surface area contributed by atoms with E-state index in [1.807, 2.05) is 24.3 Å². The van der Waals surface area contributed by atoms with Crippen LogP contribution in [0.15, 0.2) is 24.3 Å². The lowest BCUT2D eigenvalue weighted by atomic mass is 9.92. The first-order valence-electron chi connectivity index (χ1n) is 7.27. The van der Waals surface area contributed by atoms with Crippen molar-refractivity contribution in [3.05, 3.63) is 29.8 Å². The molecule has 0 N–H and O–H groups in total. The number of ether oxygens (including phenoxy) is 2. The van der Waals surface area contributed by atoms with Crippen LogP contribution in [0.2, 0.25) is 0 Å². The molecular formula is C16H20O3. The van der Waals surface area contributed by atoms with Crippen LogP contribution in [0.5, 0.6) is 5.75 Å². The van der Waals surface area contributed by atoms with E-state index in [9.17, 15) is 4.79 Å². The maximum Gasteiger partial charge on any atom is 0.313 e. The van der Waals surface area contributed by atoms with Gasteiger partial charge in [0, 0.05) is 5.56 Å². The standard InChI is InChI=1S/C16H20O3/c17-16(19-12-6-2-1-3-7-12)14-10-11-18-15-9-5-4-8-13(14)15/h4-5,8-9,12,14H,1-3,6-7,10-11H2. The van der Waals surface area contributed by atoms with Gasteiger partial charge in [-0.15, -0.1) is 0 Å². The number of esters is 1. The van der Waals surface area contributed by atoms with Gasteiger partial charge in [-0.05, 0) is 38.2 Å². The molecule has 3 rings (SSSR count). The van der Waals surface area contributed by atoms with Crippen LogP contribution in [0, 0.1) is 0 Å². The van der Waals surface area contributed by atoms with Gasteiger partial charge in [0.25, 0.3) is 0 Å². The molecule has 1 saturated carbocycles. The second-order valence-electron chi connectivity index (χ2n) is 5.42. The molecule has 0 amide bonds. The third-order valence-corrected chi connectivity index (χ3v) is 4.08. The first-order chi connectivity index (χ1) is 9.34. The summed E-state index contributed by atoms with van der Waals surface area (Å²) in [4.78, 5) is 12.4. The van der Waals surface area contributed by atoms with Gasteiger partial charge < -0.3 is 9.47 Å². The van der Waals surface area contributed by atoms with Gasteiger partial charge in [-0.1, -0.05) is 24.6 Å². The molecule has 2 aliphatic rings. The van der Waals surface area contributed by atoms with E-state index in [0.717, 1.165) is 30.6 Å². The Bertz CT molecular complexity index is 449. The van der Waals surface area contributed by atoms with Crippen molar-refractivity contribution >= 4 is 5.97 Å². The fourth-order valence-electron chi connectivity index (χ4n) is 3.02. The first-order valence-corrected chi connectivity index (χ1v) is 7.27. The smallest absolute Gasteiger partial charge is 0.313 e. The number of hydrogen-bond donors (Lipinski definition) is 0. The largest absolute Gasteiger partial charge is 0.493 e. The van der Waals surface area contributed by atoms with Crippen LogP contribution in [0.25, 0.3) is 0 Å². The van der Waals surface area contributed by atoms with Gasteiger partial charge in [0.05, 0.1) is 12.5 Å². The molecule has 0 radical (unpaired) electrons. The minimum Gasteiger partial charge on any atom is -0.493 e. The summed E-state index contributed by atoms with van der Waals surface area (Å²) in [6.45, 7) is 0.599. The zero-order valence-electron chi connectivity index (χ0n) is 11.1. The zero-order chi connectivity index (χ0) is 13.1. The Morgan fingerprint density at radius 2 is 1.89 bits per heavy atom. The number of carbonyl (C=O) groups is 1. The molecule has 0 saturated heterocycles. The molecule has 1 heterocycles. The van der Waals surface area contributed by atoms with Gasteiger partial charge >= 0.3 is 5.97 Å². The first kappa shape index (κ1) is 12.5. The minimum atomic E-state index is -0.146. The minimum absolute atomic E-state index is 0.0670. The van der Waals surface area contributed by atoms with Gasteiger partial charge in [0.1, 0.15) is 11.9 Å². The fraction of sp³-hybridized carbons (Fsp3) is 0.562. The Hall–Kier alpha value is -1.51. The van der Waals surface area contributed by atoms with Crippen molar-refractivity contribution in [1.82, 2.24) is 0 Å². The number of fused-ring (bicyclic) bond motifs is 1.